The Bertz CT molecular complexity index is 1230. The van der Waals surface area contributed by atoms with Gasteiger partial charge < -0.3 is 25.8 Å². The maximum absolute atomic E-state index is 13.6. The summed E-state index contributed by atoms with van der Waals surface area (Å²) >= 11 is 0.934. The third-order valence-electron chi connectivity index (χ3n) is 6.11. The highest BCUT2D eigenvalue weighted by Gasteiger charge is 2.54. The van der Waals surface area contributed by atoms with E-state index in [1.807, 2.05) is 30.3 Å². The maximum atomic E-state index is 13.6. The molecule has 2 aromatic rings. The van der Waals surface area contributed by atoms with Crippen LogP contribution in [0, 0.1) is 5.41 Å². The highest BCUT2D eigenvalue weighted by molar-refractivity contribution is 8.13. The van der Waals surface area contributed by atoms with Gasteiger partial charge in [0.05, 0.1) is 25.2 Å². The van der Waals surface area contributed by atoms with Crippen LogP contribution >= 0.6 is 19.5 Å². The minimum atomic E-state index is -4.02. The molecular formula is C25H39N4O9PS. The van der Waals surface area contributed by atoms with Crippen molar-refractivity contribution in [1.29, 1.82) is 0 Å². The lowest BCUT2D eigenvalue weighted by Crippen LogP contribution is -2.46. The monoisotopic (exact) mass is 602 g/mol. The van der Waals surface area contributed by atoms with Crippen molar-refractivity contribution in [2.75, 3.05) is 31.3 Å². The van der Waals surface area contributed by atoms with Crippen LogP contribution in [0.25, 0.3) is 0 Å². The summed E-state index contributed by atoms with van der Waals surface area (Å²) in [6.45, 7) is 3.74. The van der Waals surface area contributed by atoms with Crippen LogP contribution in [0.4, 0.5) is 5.82 Å². The van der Waals surface area contributed by atoms with Crippen molar-refractivity contribution in [3.63, 3.8) is 0 Å². The van der Waals surface area contributed by atoms with Crippen molar-refractivity contribution in [3.8, 4) is 0 Å². The van der Waals surface area contributed by atoms with Gasteiger partial charge in [-0.1, -0.05) is 49.5 Å². The van der Waals surface area contributed by atoms with Gasteiger partial charge in [-0.05, 0) is 32.4 Å². The summed E-state index contributed by atoms with van der Waals surface area (Å²) in [6.07, 6.45) is -2.75. The van der Waals surface area contributed by atoms with E-state index in [0.29, 0.717) is 0 Å². The van der Waals surface area contributed by atoms with Crippen LogP contribution in [0.1, 0.15) is 40.0 Å². The first kappa shape index (κ1) is 34.1. The number of hydrogen-bond acceptors (Lipinski definition) is 12. The maximum Gasteiger partial charge on any atom is 0.405 e. The van der Waals surface area contributed by atoms with Crippen molar-refractivity contribution in [2.45, 2.75) is 58.8 Å². The number of nitrogens with zero attached hydrogens (tertiary/aromatic N) is 2. The third kappa shape index (κ3) is 8.44. The van der Waals surface area contributed by atoms with Crippen LogP contribution in [-0.2, 0) is 29.7 Å². The fourth-order valence-corrected chi connectivity index (χ4v) is 5.86. The smallest absolute Gasteiger partial charge is 0.395 e. The van der Waals surface area contributed by atoms with E-state index < -0.39 is 49.5 Å². The summed E-state index contributed by atoms with van der Waals surface area (Å²) in [5.74, 6) is 0.131. The Labute approximate surface area is 237 Å². The number of benzene rings is 1. The molecule has 15 heteroatoms. The molecule has 0 saturated carbocycles. The molecule has 0 amide bonds. The Kier molecular flexibility index (Phi) is 12.1. The van der Waals surface area contributed by atoms with Crippen LogP contribution < -0.4 is 16.5 Å². The van der Waals surface area contributed by atoms with Crippen molar-refractivity contribution in [3.05, 3.63) is 58.6 Å². The predicted molar refractivity (Wildman–Crippen MR) is 151 cm³/mol. The zero-order chi connectivity index (χ0) is 28.8. The highest BCUT2D eigenvalue weighted by atomic mass is 32.2. The number of carbonyl (C=O) groups is 1. The van der Waals surface area contributed by atoms with Crippen molar-refractivity contribution in [1.82, 2.24) is 14.6 Å². The van der Waals surface area contributed by atoms with Gasteiger partial charge in [0, 0.05) is 18.5 Å². The molecule has 2 heterocycles. The van der Waals surface area contributed by atoms with Gasteiger partial charge in [-0.25, -0.2) is 14.4 Å². The molecule has 5 atom stereocenters. The number of nitrogen functional groups attached to an aromatic ring is 1. The third-order valence-corrected chi connectivity index (χ3v) is 8.86. The molecule has 1 aliphatic heterocycles. The number of ether oxygens (including phenoxy) is 1. The molecule has 1 aromatic carbocycles. The second-order valence-corrected chi connectivity index (χ2v) is 12.8. The zero-order valence-corrected chi connectivity index (χ0v) is 23.6. The summed E-state index contributed by atoms with van der Waals surface area (Å²) in [6, 6.07) is 10.4. The van der Waals surface area contributed by atoms with Gasteiger partial charge in [0.15, 0.2) is 11.3 Å². The summed E-state index contributed by atoms with van der Waals surface area (Å²) in [7, 11) is -4.02. The normalized spacial score (nSPS) is 24.3. The molecular weight excluding hydrogens is 563 g/mol. The standard InChI is InChI=1S/C24H35N4O9PS.CH4/c1-23(2,15-29)21(31)39-12-11-35-38(34,26-13-16-7-5-4-6-8-16)36-14-17-19(30)24(3,33)20(37-17)28-10-9-18(25)27-22(28)32;/h4-10,17,19-20,29-30,33H,11-15H2,1-3H3,(H,26,34)(H2,25,27,32);1H4/t17-,19-,20-,24-,38?;/m1./s1. The van der Waals surface area contributed by atoms with E-state index in [9.17, 15) is 29.5 Å². The lowest BCUT2D eigenvalue weighted by Gasteiger charge is -2.27. The Morgan fingerprint density at radius 3 is 2.60 bits per heavy atom. The van der Waals surface area contributed by atoms with E-state index in [4.69, 9.17) is 19.5 Å². The quantitative estimate of drug-likeness (QED) is 0.164. The molecule has 3 rings (SSSR count). The average molecular weight is 603 g/mol. The SMILES string of the molecule is C.CC(C)(CO)C(=O)SCCOP(=O)(NCc1ccccc1)OC[C@H]1O[C@@H](n2ccc(N)nc2=O)[C@](C)(O)[C@@H]1O. The Balaban J connectivity index is 0.00000560. The number of thioether (sulfide) groups is 1. The summed E-state index contributed by atoms with van der Waals surface area (Å²) in [5.41, 5.74) is 2.69. The number of anilines is 1. The second-order valence-electron chi connectivity index (χ2n) is 9.86. The number of hydrogen-bond donors (Lipinski definition) is 5. The molecule has 224 valence electrons. The molecule has 1 unspecified atom stereocenters. The summed E-state index contributed by atoms with van der Waals surface area (Å²) < 4.78 is 31.5. The van der Waals surface area contributed by atoms with E-state index >= 15 is 0 Å². The van der Waals surface area contributed by atoms with Gasteiger partial charge in [0.2, 0.25) is 0 Å². The summed E-state index contributed by atoms with van der Waals surface area (Å²) in [4.78, 5) is 28.2. The number of nitrogens with two attached hydrogens (primary N) is 1. The lowest BCUT2D eigenvalue weighted by atomic mass is 9.96. The Morgan fingerprint density at radius 1 is 1.30 bits per heavy atom. The molecule has 0 radical (unpaired) electrons. The number of nitrogens with one attached hydrogen (secondary N) is 1. The van der Waals surface area contributed by atoms with Crippen molar-refractivity contribution >= 4 is 30.4 Å². The minimum Gasteiger partial charge on any atom is -0.395 e. The zero-order valence-electron chi connectivity index (χ0n) is 21.9. The van der Waals surface area contributed by atoms with Crippen LogP contribution in [0.15, 0.2) is 47.4 Å². The number of rotatable bonds is 13. The van der Waals surface area contributed by atoms with Crippen molar-refractivity contribution < 1.29 is 38.5 Å². The molecule has 0 aliphatic carbocycles. The Morgan fingerprint density at radius 2 is 1.98 bits per heavy atom. The molecule has 40 heavy (non-hydrogen) atoms. The molecule has 1 saturated heterocycles. The van der Waals surface area contributed by atoms with Gasteiger partial charge in [-0.2, -0.15) is 4.98 Å². The molecule has 1 aliphatic rings. The highest BCUT2D eigenvalue weighted by Crippen LogP contribution is 2.46. The molecule has 0 bridgehead atoms. The number of aromatic nitrogens is 2. The van der Waals surface area contributed by atoms with Gasteiger partial charge in [0.25, 0.3) is 0 Å². The second kappa shape index (κ2) is 14.2. The van der Waals surface area contributed by atoms with Gasteiger partial charge in [-0.3, -0.25) is 18.4 Å². The van der Waals surface area contributed by atoms with Crippen molar-refractivity contribution in [2.24, 2.45) is 5.41 Å². The fourth-order valence-electron chi connectivity index (χ4n) is 3.62. The molecule has 1 aromatic heterocycles. The fraction of sp³-hybridized carbons (Fsp3) is 0.560. The number of aliphatic hydroxyl groups is 3. The van der Waals surface area contributed by atoms with E-state index in [0.717, 1.165) is 21.9 Å². The minimum absolute atomic E-state index is 0. The van der Waals surface area contributed by atoms with Crippen LogP contribution in [-0.4, -0.2) is 73.4 Å². The van der Waals surface area contributed by atoms with E-state index in [1.54, 1.807) is 13.8 Å². The van der Waals surface area contributed by atoms with E-state index in [2.05, 4.69) is 10.1 Å². The van der Waals surface area contributed by atoms with Crippen LogP contribution in [0.5, 0.6) is 0 Å². The first-order chi connectivity index (χ1) is 18.3. The topological polar surface area (TPSA) is 195 Å². The lowest BCUT2D eigenvalue weighted by molar-refractivity contribution is -0.119. The van der Waals surface area contributed by atoms with Crippen LogP contribution in [0.3, 0.4) is 0 Å². The number of carbonyl (C=O) groups excluding carboxylic acids is 1. The van der Waals surface area contributed by atoms with Gasteiger partial charge in [0.1, 0.15) is 23.6 Å². The predicted octanol–water partition coefficient (Wildman–Crippen LogP) is 1.68. The van der Waals surface area contributed by atoms with E-state index in [-0.39, 0.29) is 43.9 Å². The molecule has 0 spiro atoms. The summed E-state index contributed by atoms with van der Waals surface area (Å²) in [5, 5.41) is 33.5. The molecule has 6 N–H and O–H groups in total. The number of aliphatic hydroxyl groups excluding tert-OH is 2. The van der Waals surface area contributed by atoms with Gasteiger partial charge in [-0.15, -0.1) is 0 Å². The first-order valence-corrected chi connectivity index (χ1v) is 14.7. The molecule has 1 fully saturated rings. The molecule has 13 nitrogen and oxygen atoms in total. The van der Waals surface area contributed by atoms with Gasteiger partial charge >= 0.3 is 13.4 Å². The largest absolute Gasteiger partial charge is 0.405 e. The average Bonchev–Trinajstić information content (AvgIpc) is 3.13. The van der Waals surface area contributed by atoms with E-state index in [1.165, 1.54) is 19.2 Å². The Hall–Kier alpha value is -2.13. The van der Waals surface area contributed by atoms with Crippen LogP contribution in [0.2, 0.25) is 0 Å². The first-order valence-electron chi connectivity index (χ1n) is 12.2.